The molecule has 0 aliphatic carbocycles. The fourth-order valence-electron chi connectivity index (χ4n) is 1.49. The van der Waals surface area contributed by atoms with Crippen LogP contribution in [-0.2, 0) is 0 Å². The maximum absolute atomic E-state index is 11.6. The van der Waals surface area contributed by atoms with E-state index in [0.717, 1.165) is 11.9 Å². The van der Waals surface area contributed by atoms with Gasteiger partial charge in [0, 0.05) is 12.6 Å². The summed E-state index contributed by atoms with van der Waals surface area (Å²) < 4.78 is 1.83. The molecule has 3 nitrogen and oxygen atoms in total. The van der Waals surface area contributed by atoms with Crippen LogP contribution in [-0.4, -0.2) is 15.2 Å². The van der Waals surface area contributed by atoms with Gasteiger partial charge in [-0.1, -0.05) is 13.0 Å². The number of ketones is 1. The second-order valence-corrected chi connectivity index (χ2v) is 3.25. The SMILES string of the molecule is CCCC(=O)c1ncc2ccccn12. The Kier molecular flexibility index (Phi) is 2.31. The molecule has 0 bridgehead atoms. The van der Waals surface area contributed by atoms with Gasteiger partial charge in [0.25, 0.3) is 0 Å². The predicted octanol–water partition coefficient (Wildman–Crippen LogP) is 2.32. The van der Waals surface area contributed by atoms with E-state index in [9.17, 15) is 4.79 Å². The highest BCUT2D eigenvalue weighted by atomic mass is 16.1. The summed E-state index contributed by atoms with van der Waals surface area (Å²) >= 11 is 0. The quantitative estimate of drug-likeness (QED) is 0.693. The summed E-state index contributed by atoms with van der Waals surface area (Å²) in [5, 5.41) is 0. The van der Waals surface area contributed by atoms with Gasteiger partial charge >= 0.3 is 0 Å². The topological polar surface area (TPSA) is 34.4 Å². The number of carbonyl (C=O) groups is 1. The predicted molar refractivity (Wildman–Crippen MR) is 54.4 cm³/mol. The molecule has 0 amide bonds. The van der Waals surface area contributed by atoms with E-state index in [2.05, 4.69) is 4.98 Å². The molecule has 2 aromatic heterocycles. The first kappa shape index (κ1) is 8.94. The van der Waals surface area contributed by atoms with Gasteiger partial charge in [0.2, 0.25) is 0 Å². The lowest BCUT2D eigenvalue weighted by Gasteiger charge is -1.98. The largest absolute Gasteiger partial charge is 0.297 e. The second kappa shape index (κ2) is 3.62. The zero-order chi connectivity index (χ0) is 9.97. The minimum atomic E-state index is 0.110. The second-order valence-electron chi connectivity index (χ2n) is 3.25. The fourth-order valence-corrected chi connectivity index (χ4v) is 1.49. The molecule has 0 N–H and O–H groups in total. The van der Waals surface area contributed by atoms with E-state index in [1.165, 1.54) is 0 Å². The molecule has 0 radical (unpaired) electrons. The van der Waals surface area contributed by atoms with Crippen LogP contribution in [0.5, 0.6) is 0 Å². The van der Waals surface area contributed by atoms with Crippen LogP contribution in [0.3, 0.4) is 0 Å². The van der Waals surface area contributed by atoms with Crippen LogP contribution in [0.2, 0.25) is 0 Å². The highest BCUT2D eigenvalue weighted by molar-refractivity contribution is 5.93. The first-order valence-electron chi connectivity index (χ1n) is 4.78. The Hall–Kier alpha value is -1.64. The van der Waals surface area contributed by atoms with Crippen molar-refractivity contribution in [2.45, 2.75) is 19.8 Å². The summed E-state index contributed by atoms with van der Waals surface area (Å²) in [5.41, 5.74) is 0.965. The van der Waals surface area contributed by atoms with E-state index in [-0.39, 0.29) is 5.78 Å². The third-order valence-corrected chi connectivity index (χ3v) is 2.17. The van der Waals surface area contributed by atoms with Crippen LogP contribution in [0.15, 0.2) is 30.6 Å². The van der Waals surface area contributed by atoms with Crippen molar-refractivity contribution in [3.05, 3.63) is 36.4 Å². The minimum Gasteiger partial charge on any atom is -0.297 e. The van der Waals surface area contributed by atoms with Gasteiger partial charge in [-0.25, -0.2) is 4.98 Å². The van der Waals surface area contributed by atoms with Gasteiger partial charge in [-0.05, 0) is 18.6 Å². The molecule has 0 spiro atoms. The number of carbonyl (C=O) groups excluding carboxylic acids is 1. The zero-order valence-corrected chi connectivity index (χ0v) is 8.10. The summed E-state index contributed by atoms with van der Waals surface area (Å²) in [5.74, 6) is 0.654. The van der Waals surface area contributed by atoms with Crippen molar-refractivity contribution in [3.63, 3.8) is 0 Å². The molecule has 72 valence electrons. The van der Waals surface area contributed by atoms with E-state index in [1.54, 1.807) is 6.20 Å². The van der Waals surface area contributed by atoms with Crippen molar-refractivity contribution in [1.82, 2.24) is 9.38 Å². The average Bonchev–Trinajstić information content (AvgIpc) is 2.61. The maximum atomic E-state index is 11.6. The summed E-state index contributed by atoms with van der Waals surface area (Å²) in [6, 6.07) is 5.78. The van der Waals surface area contributed by atoms with Crippen LogP contribution < -0.4 is 0 Å². The van der Waals surface area contributed by atoms with Crippen molar-refractivity contribution in [2.75, 3.05) is 0 Å². The lowest BCUT2D eigenvalue weighted by Crippen LogP contribution is -2.04. The van der Waals surface area contributed by atoms with Crippen LogP contribution in [0.1, 0.15) is 30.4 Å². The highest BCUT2D eigenvalue weighted by Gasteiger charge is 2.10. The Morgan fingerprint density at radius 1 is 1.50 bits per heavy atom. The minimum absolute atomic E-state index is 0.110. The van der Waals surface area contributed by atoms with Gasteiger partial charge in [0.1, 0.15) is 0 Å². The summed E-state index contributed by atoms with van der Waals surface area (Å²) in [6.45, 7) is 1.99. The molecular weight excluding hydrogens is 176 g/mol. The van der Waals surface area contributed by atoms with Gasteiger partial charge < -0.3 is 0 Å². The molecule has 0 saturated carbocycles. The third kappa shape index (κ3) is 1.41. The van der Waals surface area contributed by atoms with Crippen molar-refractivity contribution in [1.29, 1.82) is 0 Å². The molecule has 0 aromatic carbocycles. The highest BCUT2D eigenvalue weighted by Crippen LogP contribution is 2.08. The van der Waals surface area contributed by atoms with Crippen LogP contribution in [0.4, 0.5) is 0 Å². The number of rotatable bonds is 3. The lowest BCUT2D eigenvalue weighted by atomic mass is 10.2. The fraction of sp³-hybridized carbons (Fsp3) is 0.273. The molecular formula is C11H12N2O. The number of nitrogens with zero attached hydrogens (tertiary/aromatic N) is 2. The van der Waals surface area contributed by atoms with Gasteiger partial charge in [0.05, 0.1) is 11.7 Å². The summed E-state index contributed by atoms with van der Waals surface area (Å²) in [7, 11) is 0. The molecule has 2 aromatic rings. The number of hydrogen-bond donors (Lipinski definition) is 0. The molecule has 0 saturated heterocycles. The van der Waals surface area contributed by atoms with Crippen molar-refractivity contribution in [3.8, 4) is 0 Å². The first-order chi connectivity index (χ1) is 6.83. The van der Waals surface area contributed by atoms with Crippen molar-refractivity contribution in [2.24, 2.45) is 0 Å². The van der Waals surface area contributed by atoms with E-state index in [0.29, 0.717) is 12.2 Å². The lowest BCUT2D eigenvalue weighted by molar-refractivity contribution is 0.0971. The molecule has 0 aliphatic rings. The summed E-state index contributed by atoms with van der Waals surface area (Å²) in [4.78, 5) is 15.8. The maximum Gasteiger partial charge on any atom is 0.198 e. The van der Waals surface area contributed by atoms with Crippen molar-refractivity contribution >= 4 is 11.3 Å². The van der Waals surface area contributed by atoms with Gasteiger partial charge in [-0.15, -0.1) is 0 Å². The summed E-state index contributed by atoms with van der Waals surface area (Å²) in [6.07, 6.45) is 5.02. The Morgan fingerprint density at radius 2 is 2.36 bits per heavy atom. The first-order valence-corrected chi connectivity index (χ1v) is 4.78. The van der Waals surface area contributed by atoms with E-state index >= 15 is 0 Å². The Labute approximate surface area is 82.4 Å². The van der Waals surface area contributed by atoms with Gasteiger partial charge in [0.15, 0.2) is 11.6 Å². The Balaban J connectivity index is 2.47. The molecule has 0 fully saturated rings. The zero-order valence-electron chi connectivity index (χ0n) is 8.10. The molecule has 3 heteroatoms. The van der Waals surface area contributed by atoms with Crippen molar-refractivity contribution < 1.29 is 4.79 Å². The normalized spacial score (nSPS) is 10.6. The Bertz CT molecular complexity index is 459. The molecule has 14 heavy (non-hydrogen) atoms. The standard InChI is InChI=1S/C11H12N2O/c1-2-5-10(14)11-12-8-9-6-3-4-7-13(9)11/h3-4,6-8H,2,5H2,1H3. The number of pyridine rings is 1. The number of aromatic nitrogens is 2. The van der Waals surface area contributed by atoms with Crippen LogP contribution >= 0.6 is 0 Å². The molecule has 2 rings (SSSR count). The molecule has 2 heterocycles. The van der Waals surface area contributed by atoms with E-state index in [4.69, 9.17) is 0 Å². The van der Waals surface area contributed by atoms with Gasteiger partial charge in [-0.2, -0.15) is 0 Å². The monoisotopic (exact) mass is 188 g/mol. The number of imidazole rings is 1. The van der Waals surface area contributed by atoms with Crippen LogP contribution in [0.25, 0.3) is 5.52 Å². The smallest absolute Gasteiger partial charge is 0.198 e. The number of fused-ring (bicyclic) bond motifs is 1. The number of hydrogen-bond acceptors (Lipinski definition) is 2. The van der Waals surface area contributed by atoms with E-state index in [1.807, 2.05) is 35.7 Å². The average molecular weight is 188 g/mol. The van der Waals surface area contributed by atoms with Gasteiger partial charge in [-0.3, -0.25) is 9.20 Å². The molecule has 0 unspecified atom stereocenters. The Morgan fingerprint density at radius 3 is 3.14 bits per heavy atom. The third-order valence-electron chi connectivity index (χ3n) is 2.17. The molecule has 0 atom stereocenters. The van der Waals surface area contributed by atoms with E-state index < -0.39 is 0 Å². The van der Waals surface area contributed by atoms with Crippen LogP contribution in [0, 0.1) is 0 Å². The molecule has 0 aliphatic heterocycles. The number of Topliss-reactive ketones (excluding diaryl/α,β-unsaturated/α-hetero) is 1.